The lowest BCUT2D eigenvalue weighted by molar-refractivity contribution is -0.130. The maximum absolute atomic E-state index is 12.2. The lowest BCUT2D eigenvalue weighted by Crippen LogP contribution is -2.50. The molecule has 116 valence electrons. The Morgan fingerprint density at radius 2 is 1.95 bits per heavy atom. The Morgan fingerprint density at radius 3 is 2.60 bits per heavy atom. The van der Waals surface area contributed by atoms with Gasteiger partial charge in [0.15, 0.2) is 0 Å². The second-order valence-electron chi connectivity index (χ2n) is 6.22. The molecule has 1 saturated heterocycles. The maximum Gasteiger partial charge on any atom is 0.224 e. The van der Waals surface area contributed by atoms with Crippen molar-refractivity contribution in [2.45, 2.75) is 57.0 Å². The van der Waals surface area contributed by atoms with Gasteiger partial charge in [0.05, 0.1) is 0 Å². The third-order valence-electron chi connectivity index (χ3n) is 4.76. The number of carbonyl (C=O) groups excluding carboxylic acids is 1. The molecular formula is C15H29N3O2. The average Bonchev–Trinajstić information content (AvgIpc) is 3.01. The number of nitrogens with zero attached hydrogens (tertiary/aromatic N) is 1. The van der Waals surface area contributed by atoms with Gasteiger partial charge in [-0.25, -0.2) is 0 Å². The second-order valence-corrected chi connectivity index (χ2v) is 6.22. The molecule has 0 bridgehead atoms. The van der Waals surface area contributed by atoms with E-state index in [4.69, 9.17) is 5.73 Å². The van der Waals surface area contributed by atoms with E-state index in [0.717, 1.165) is 38.8 Å². The fourth-order valence-corrected chi connectivity index (χ4v) is 3.47. The number of rotatable bonds is 6. The van der Waals surface area contributed by atoms with Crippen LogP contribution in [-0.4, -0.2) is 54.2 Å². The minimum atomic E-state index is 0.0419. The lowest BCUT2D eigenvalue weighted by atomic mass is 9.84. The summed E-state index contributed by atoms with van der Waals surface area (Å²) in [5.74, 6) is 0.543. The number of aliphatic hydroxyl groups excluding tert-OH is 1. The van der Waals surface area contributed by atoms with Crippen LogP contribution in [0.15, 0.2) is 0 Å². The topological polar surface area (TPSA) is 78.6 Å². The molecule has 1 saturated carbocycles. The highest BCUT2D eigenvalue weighted by Crippen LogP contribution is 2.24. The molecule has 0 aromatic carbocycles. The van der Waals surface area contributed by atoms with Crippen molar-refractivity contribution in [1.82, 2.24) is 10.2 Å². The Labute approximate surface area is 121 Å². The summed E-state index contributed by atoms with van der Waals surface area (Å²) in [4.78, 5) is 14.1. The number of amides is 1. The molecule has 4 N–H and O–H groups in total. The second kappa shape index (κ2) is 7.96. The summed E-state index contributed by atoms with van der Waals surface area (Å²) in [6.07, 6.45) is 7.30. The molecule has 20 heavy (non-hydrogen) atoms. The molecule has 0 aromatic rings. The highest BCUT2D eigenvalue weighted by Gasteiger charge is 2.28. The van der Waals surface area contributed by atoms with Crippen molar-refractivity contribution in [3.63, 3.8) is 0 Å². The fraction of sp³-hybridized carbons (Fsp3) is 0.933. The van der Waals surface area contributed by atoms with Crippen LogP contribution in [0.2, 0.25) is 0 Å². The number of hydrogen-bond acceptors (Lipinski definition) is 4. The highest BCUT2D eigenvalue weighted by atomic mass is 16.3. The van der Waals surface area contributed by atoms with Gasteiger partial charge in [0.1, 0.15) is 0 Å². The third kappa shape index (κ3) is 4.17. The monoisotopic (exact) mass is 283 g/mol. The molecule has 0 spiro atoms. The third-order valence-corrected chi connectivity index (χ3v) is 4.76. The van der Waals surface area contributed by atoms with Crippen LogP contribution in [0.1, 0.15) is 44.9 Å². The number of carbonyl (C=O) groups is 1. The molecule has 0 radical (unpaired) electrons. The van der Waals surface area contributed by atoms with Crippen molar-refractivity contribution in [2.75, 3.05) is 26.2 Å². The molecule has 2 aliphatic rings. The van der Waals surface area contributed by atoms with Crippen LogP contribution < -0.4 is 11.1 Å². The SMILES string of the molecule is NCC(CC(=O)N1CCCC1)NC1CCCCC1CO. The van der Waals surface area contributed by atoms with Crippen LogP contribution in [0, 0.1) is 5.92 Å². The van der Waals surface area contributed by atoms with E-state index in [9.17, 15) is 9.90 Å². The minimum Gasteiger partial charge on any atom is -0.396 e. The number of nitrogens with one attached hydrogen (secondary N) is 1. The summed E-state index contributed by atoms with van der Waals surface area (Å²) in [5.41, 5.74) is 5.83. The first-order chi connectivity index (χ1) is 9.74. The van der Waals surface area contributed by atoms with Gasteiger partial charge in [-0.15, -0.1) is 0 Å². The van der Waals surface area contributed by atoms with Crippen molar-refractivity contribution >= 4 is 5.91 Å². The van der Waals surface area contributed by atoms with Gasteiger partial charge < -0.3 is 21.1 Å². The Bertz CT molecular complexity index is 305. The van der Waals surface area contributed by atoms with Gasteiger partial charge in [-0.2, -0.15) is 0 Å². The molecule has 3 atom stereocenters. The molecular weight excluding hydrogens is 254 g/mol. The maximum atomic E-state index is 12.2. The molecule has 3 unspecified atom stereocenters. The van der Waals surface area contributed by atoms with Crippen LogP contribution in [-0.2, 0) is 4.79 Å². The molecule has 1 heterocycles. The van der Waals surface area contributed by atoms with E-state index in [-0.39, 0.29) is 18.6 Å². The van der Waals surface area contributed by atoms with E-state index < -0.39 is 0 Å². The first kappa shape index (κ1) is 15.7. The van der Waals surface area contributed by atoms with Gasteiger partial charge in [0.2, 0.25) is 5.91 Å². The minimum absolute atomic E-state index is 0.0419. The van der Waals surface area contributed by atoms with Crippen molar-refractivity contribution in [3.8, 4) is 0 Å². The number of likely N-dealkylation sites (tertiary alicyclic amines) is 1. The predicted molar refractivity (Wildman–Crippen MR) is 79.2 cm³/mol. The summed E-state index contributed by atoms with van der Waals surface area (Å²) >= 11 is 0. The quantitative estimate of drug-likeness (QED) is 0.662. The molecule has 2 fully saturated rings. The molecule has 0 aromatic heterocycles. The zero-order valence-electron chi connectivity index (χ0n) is 12.4. The van der Waals surface area contributed by atoms with E-state index in [1.54, 1.807) is 0 Å². The van der Waals surface area contributed by atoms with Crippen LogP contribution in [0.25, 0.3) is 0 Å². The van der Waals surface area contributed by atoms with Crippen molar-refractivity contribution in [1.29, 1.82) is 0 Å². The molecule has 2 rings (SSSR count). The Morgan fingerprint density at radius 1 is 1.25 bits per heavy atom. The van der Waals surface area contributed by atoms with Gasteiger partial charge in [-0.1, -0.05) is 12.8 Å². The van der Waals surface area contributed by atoms with Crippen LogP contribution in [0.3, 0.4) is 0 Å². The van der Waals surface area contributed by atoms with Gasteiger partial charge >= 0.3 is 0 Å². The lowest BCUT2D eigenvalue weighted by Gasteiger charge is -2.34. The smallest absolute Gasteiger partial charge is 0.224 e. The molecule has 1 aliphatic heterocycles. The van der Waals surface area contributed by atoms with E-state index >= 15 is 0 Å². The fourth-order valence-electron chi connectivity index (χ4n) is 3.47. The van der Waals surface area contributed by atoms with Crippen molar-refractivity contribution in [3.05, 3.63) is 0 Å². The Balaban J connectivity index is 1.82. The Kier molecular flexibility index (Phi) is 6.26. The number of aliphatic hydroxyl groups is 1. The highest BCUT2D eigenvalue weighted by molar-refractivity contribution is 5.77. The van der Waals surface area contributed by atoms with E-state index in [2.05, 4.69) is 5.32 Å². The van der Waals surface area contributed by atoms with E-state index in [1.807, 2.05) is 4.90 Å². The predicted octanol–water partition coefficient (Wildman–Crippen LogP) is 0.467. The van der Waals surface area contributed by atoms with Gasteiger partial charge in [0.25, 0.3) is 0 Å². The summed E-state index contributed by atoms with van der Waals surface area (Å²) < 4.78 is 0. The summed E-state index contributed by atoms with van der Waals surface area (Å²) in [7, 11) is 0. The van der Waals surface area contributed by atoms with Crippen LogP contribution >= 0.6 is 0 Å². The molecule has 5 nitrogen and oxygen atoms in total. The summed E-state index contributed by atoms with van der Waals surface area (Å²) in [6, 6.07) is 0.355. The Hall–Kier alpha value is -0.650. The zero-order chi connectivity index (χ0) is 14.4. The first-order valence-corrected chi connectivity index (χ1v) is 8.09. The average molecular weight is 283 g/mol. The van der Waals surface area contributed by atoms with Crippen molar-refractivity contribution < 1.29 is 9.90 Å². The van der Waals surface area contributed by atoms with Crippen LogP contribution in [0.4, 0.5) is 0 Å². The summed E-state index contributed by atoms with van der Waals surface area (Å²) in [5, 5.41) is 13.0. The van der Waals surface area contributed by atoms with E-state index in [1.165, 1.54) is 12.8 Å². The van der Waals surface area contributed by atoms with Crippen LogP contribution in [0.5, 0.6) is 0 Å². The van der Waals surface area contributed by atoms with Crippen molar-refractivity contribution in [2.24, 2.45) is 11.7 Å². The normalized spacial score (nSPS) is 28.6. The number of hydrogen-bond donors (Lipinski definition) is 3. The van der Waals surface area contributed by atoms with E-state index in [0.29, 0.717) is 24.9 Å². The van der Waals surface area contributed by atoms with Gasteiger partial charge in [-0.05, 0) is 31.6 Å². The summed E-state index contributed by atoms with van der Waals surface area (Å²) in [6.45, 7) is 2.51. The zero-order valence-corrected chi connectivity index (χ0v) is 12.4. The molecule has 1 amide bonds. The standard InChI is InChI=1S/C15H29N3O2/c16-10-13(9-15(20)18-7-3-4-8-18)17-14-6-2-1-5-12(14)11-19/h12-14,17,19H,1-11,16H2. The molecule has 1 aliphatic carbocycles. The first-order valence-electron chi connectivity index (χ1n) is 8.09. The molecule has 5 heteroatoms. The number of nitrogens with two attached hydrogens (primary N) is 1. The van der Waals surface area contributed by atoms with Gasteiger partial charge in [0, 0.05) is 44.7 Å². The largest absolute Gasteiger partial charge is 0.396 e. The van der Waals surface area contributed by atoms with Gasteiger partial charge in [-0.3, -0.25) is 4.79 Å².